The Morgan fingerprint density at radius 3 is 2.50 bits per heavy atom. The van der Waals surface area contributed by atoms with Crippen LogP contribution < -0.4 is 15.4 Å². The van der Waals surface area contributed by atoms with Gasteiger partial charge in [-0.15, -0.1) is 0 Å². The molecule has 0 aliphatic carbocycles. The van der Waals surface area contributed by atoms with Gasteiger partial charge in [-0.05, 0) is 61.4 Å². The van der Waals surface area contributed by atoms with Gasteiger partial charge >= 0.3 is 0 Å². The fraction of sp³-hybridized carbons (Fsp3) is 0.182. The zero-order chi connectivity index (χ0) is 21.5. The summed E-state index contributed by atoms with van der Waals surface area (Å²) >= 11 is 11.9. The minimum atomic E-state index is -0.433. The van der Waals surface area contributed by atoms with Crippen LogP contribution in [0.15, 0.2) is 60.8 Å². The summed E-state index contributed by atoms with van der Waals surface area (Å²) in [7, 11) is 0. The van der Waals surface area contributed by atoms with E-state index in [1.54, 1.807) is 49.4 Å². The number of nitrogens with one attached hydrogen (secondary N) is 2. The van der Waals surface area contributed by atoms with Crippen LogP contribution >= 0.6 is 23.2 Å². The lowest BCUT2D eigenvalue weighted by Gasteiger charge is -2.16. The molecule has 3 aromatic rings. The van der Waals surface area contributed by atoms with Gasteiger partial charge in [0.1, 0.15) is 22.6 Å². The normalized spacial score (nSPS) is 11.6. The lowest BCUT2D eigenvalue weighted by molar-refractivity contribution is -0.121. The molecule has 0 fully saturated rings. The number of benzene rings is 2. The Kier molecular flexibility index (Phi) is 7.49. The van der Waals surface area contributed by atoms with Crippen LogP contribution in [0.2, 0.25) is 10.0 Å². The average molecular weight is 448 g/mol. The van der Waals surface area contributed by atoms with E-state index in [1.165, 1.54) is 18.3 Å². The van der Waals surface area contributed by atoms with Crippen LogP contribution in [-0.2, 0) is 11.2 Å². The number of pyridine rings is 1. The zero-order valence-electron chi connectivity index (χ0n) is 16.2. The zero-order valence-corrected chi connectivity index (χ0v) is 17.7. The Labute approximate surface area is 184 Å². The first-order valence-electron chi connectivity index (χ1n) is 9.28. The Bertz CT molecular complexity index is 998. The number of amides is 1. The quantitative estimate of drug-likeness (QED) is 0.479. The summed E-state index contributed by atoms with van der Waals surface area (Å²) in [5.41, 5.74) is 1.72. The van der Waals surface area contributed by atoms with E-state index in [4.69, 9.17) is 27.9 Å². The minimum absolute atomic E-state index is 0.130. The average Bonchev–Trinajstić information content (AvgIpc) is 2.73. The van der Waals surface area contributed by atoms with E-state index >= 15 is 0 Å². The van der Waals surface area contributed by atoms with Gasteiger partial charge in [0.2, 0.25) is 11.8 Å². The van der Waals surface area contributed by atoms with Crippen molar-refractivity contribution in [2.75, 3.05) is 11.9 Å². The molecule has 0 bridgehead atoms. The Hall–Kier alpha value is -2.83. The fourth-order valence-electron chi connectivity index (χ4n) is 2.66. The molecule has 2 aromatic carbocycles. The number of halogens is 3. The van der Waals surface area contributed by atoms with Crippen LogP contribution in [0.1, 0.15) is 12.5 Å². The van der Waals surface area contributed by atoms with Crippen molar-refractivity contribution in [1.82, 2.24) is 10.3 Å². The molecule has 0 aliphatic heterocycles. The molecule has 8 heteroatoms. The van der Waals surface area contributed by atoms with Gasteiger partial charge in [0.05, 0.1) is 5.02 Å². The van der Waals surface area contributed by atoms with Crippen molar-refractivity contribution < 1.29 is 13.9 Å². The van der Waals surface area contributed by atoms with Crippen LogP contribution in [0.4, 0.5) is 10.1 Å². The molecule has 0 saturated carbocycles. The number of carbonyl (C=O) groups excluding carboxylic acids is 1. The van der Waals surface area contributed by atoms with Crippen molar-refractivity contribution in [1.29, 1.82) is 0 Å². The highest BCUT2D eigenvalue weighted by atomic mass is 35.5. The molecule has 1 amide bonds. The van der Waals surface area contributed by atoms with Gasteiger partial charge in [-0.25, -0.2) is 9.37 Å². The second kappa shape index (κ2) is 10.3. The molecule has 1 aromatic heterocycles. The smallest absolute Gasteiger partial charge is 0.242 e. The first-order chi connectivity index (χ1) is 14.4. The fourth-order valence-corrected chi connectivity index (χ4v) is 3.08. The molecular weight excluding hydrogens is 428 g/mol. The molecule has 1 atom stereocenters. The summed E-state index contributed by atoms with van der Waals surface area (Å²) in [6, 6.07) is 14.4. The summed E-state index contributed by atoms with van der Waals surface area (Å²) in [5.74, 6) is 0.406. The first kappa shape index (κ1) is 21.9. The SMILES string of the molecule is CC(Nc1ccc(Oc2ncc(Cl)cc2Cl)cc1)C(=O)NCCc1ccc(F)cc1. The van der Waals surface area contributed by atoms with Crippen molar-refractivity contribution in [2.45, 2.75) is 19.4 Å². The minimum Gasteiger partial charge on any atom is -0.438 e. The maximum absolute atomic E-state index is 12.9. The highest BCUT2D eigenvalue weighted by Gasteiger charge is 2.12. The van der Waals surface area contributed by atoms with Crippen LogP contribution in [0, 0.1) is 5.82 Å². The van der Waals surface area contributed by atoms with Crippen molar-refractivity contribution in [3.63, 3.8) is 0 Å². The monoisotopic (exact) mass is 447 g/mol. The van der Waals surface area contributed by atoms with Gasteiger partial charge in [-0.3, -0.25) is 4.79 Å². The van der Waals surface area contributed by atoms with Gasteiger partial charge in [-0.2, -0.15) is 0 Å². The number of ether oxygens (including phenoxy) is 1. The molecular formula is C22H20Cl2FN3O2. The standard InChI is InChI=1S/C22H20Cl2FN3O2/c1-14(21(29)26-11-10-15-2-4-17(25)5-3-15)28-18-6-8-19(9-7-18)30-22-20(24)12-16(23)13-27-22/h2-9,12-14,28H,10-11H2,1H3,(H,26,29). The van der Waals surface area contributed by atoms with E-state index in [9.17, 15) is 9.18 Å². The third-order valence-corrected chi connectivity index (χ3v) is 4.72. The Morgan fingerprint density at radius 2 is 1.83 bits per heavy atom. The molecule has 0 spiro atoms. The Morgan fingerprint density at radius 1 is 1.13 bits per heavy atom. The van der Waals surface area contributed by atoms with Crippen molar-refractivity contribution in [3.05, 3.63) is 82.2 Å². The lowest BCUT2D eigenvalue weighted by Crippen LogP contribution is -2.38. The topological polar surface area (TPSA) is 63.2 Å². The van der Waals surface area contributed by atoms with Gasteiger partial charge in [0, 0.05) is 18.4 Å². The molecule has 3 rings (SSSR count). The number of carbonyl (C=O) groups is 1. The molecule has 30 heavy (non-hydrogen) atoms. The highest BCUT2D eigenvalue weighted by Crippen LogP contribution is 2.29. The number of hydrogen-bond acceptors (Lipinski definition) is 4. The molecule has 1 unspecified atom stereocenters. The van der Waals surface area contributed by atoms with Crippen LogP contribution in [0.3, 0.4) is 0 Å². The van der Waals surface area contributed by atoms with Crippen molar-refractivity contribution >= 4 is 34.8 Å². The number of nitrogens with zero attached hydrogens (tertiary/aromatic N) is 1. The molecule has 0 radical (unpaired) electrons. The van der Waals surface area contributed by atoms with Crippen LogP contribution in [0.5, 0.6) is 11.6 Å². The maximum Gasteiger partial charge on any atom is 0.242 e. The summed E-state index contributed by atoms with van der Waals surface area (Å²) in [4.78, 5) is 16.3. The molecule has 156 valence electrons. The Balaban J connectivity index is 1.47. The van der Waals surface area contributed by atoms with E-state index in [1.807, 2.05) is 0 Å². The van der Waals surface area contributed by atoms with E-state index in [2.05, 4.69) is 15.6 Å². The predicted octanol–water partition coefficient (Wildman–Crippen LogP) is 5.48. The van der Waals surface area contributed by atoms with Crippen LogP contribution in [0.25, 0.3) is 0 Å². The third-order valence-electron chi connectivity index (χ3n) is 4.25. The lowest BCUT2D eigenvalue weighted by atomic mass is 10.1. The van der Waals surface area contributed by atoms with Gasteiger partial charge in [0.25, 0.3) is 0 Å². The molecule has 0 aliphatic rings. The second-order valence-corrected chi connectivity index (χ2v) is 7.44. The number of anilines is 1. The summed E-state index contributed by atoms with van der Waals surface area (Å²) in [5, 5.41) is 6.74. The van der Waals surface area contributed by atoms with Crippen molar-refractivity contribution in [3.8, 4) is 11.6 Å². The van der Waals surface area contributed by atoms with E-state index in [0.717, 1.165) is 11.3 Å². The number of rotatable bonds is 8. The van der Waals surface area contributed by atoms with Gasteiger partial charge in [-0.1, -0.05) is 35.3 Å². The molecule has 0 saturated heterocycles. The molecule has 5 nitrogen and oxygen atoms in total. The van der Waals surface area contributed by atoms with Gasteiger partial charge in [0.15, 0.2) is 0 Å². The summed E-state index contributed by atoms with van der Waals surface area (Å²) < 4.78 is 18.6. The second-order valence-electron chi connectivity index (χ2n) is 6.60. The summed E-state index contributed by atoms with van der Waals surface area (Å²) in [6.45, 7) is 2.24. The largest absolute Gasteiger partial charge is 0.438 e. The van der Waals surface area contributed by atoms with Crippen LogP contribution in [-0.4, -0.2) is 23.5 Å². The maximum atomic E-state index is 12.9. The predicted molar refractivity (Wildman–Crippen MR) is 117 cm³/mol. The van der Waals surface area contributed by atoms with E-state index < -0.39 is 6.04 Å². The van der Waals surface area contributed by atoms with E-state index in [0.29, 0.717) is 28.8 Å². The number of aromatic nitrogens is 1. The number of hydrogen-bond donors (Lipinski definition) is 2. The summed E-state index contributed by atoms with van der Waals surface area (Å²) in [6.07, 6.45) is 2.08. The third kappa shape index (κ3) is 6.34. The first-order valence-corrected chi connectivity index (χ1v) is 10.0. The molecule has 1 heterocycles. The van der Waals surface area contributed by atoms with Crippen molar-refractivity contribution in [2.24, 2.45) is 0 Å². The van der Waals surface area contributed by atoms with E-state index in [-0.39, 0.29) is 17.6 Å². The molecule has 2 N–H and O–H groups in total. The highest BCUT2D eigenvalue weighted by molar-refractivity contribution is 6.35. The van der Waals surface area contributed by atoms with Gasteiger partial charge < -0.3 is 15.4 Å².